The van der Waals surface area contributed by atoms with Crippen LogP contribution in [0.3, 0.4) is 0 Å². The second-order valence-electron chi connectivity index (χ2n) is 4.83. The van der Waals surface area contributed by atoms with Crippen molar-refractivity contribution < 1.29 is 18.3 Å². The monoisotopic (exact) mass is 370 g/mol. The Balaban J connectivity index is 2.49. The number of carbonyl (C=O) groups is 1. The van der Waals surface area contributed by atoms with Crippen LogP contribution in [0.15, 0.2) is 47.4 Å². The van der Waals surface area contributed by atoms with E-state index in [2.05, 4.69) is 0 Å². The molecule has 0 spiro atoms. The normalized spacial score (nSPS) is 12.2. The van der Waals surface area contributed by atoms with Crippen LogP contribution < -0.4 is 0 Å². The standard InChI is InChI=1S/C16H12Cl2O4S/c1-23(21,22)12-5-2-10(3-6-12)8-14(16(19)20)13-7-4-11(17)9-15(13)18/h2-9H,1H3,(H,19,20)/b14-8+. The van der Waals surface area contributed by atoms with E-state index in [1.807, 2.05) is 0 Å². The lowest BCUT2D eigenvalue weighted by atomic mass is 10.0. The van der Waals surface area contributed by atoms with Crippen molar-refractivity contribution >= 4 is 50.7 Å². The molecule has 0 aromatic heterocycles. The van der Waals surface area contributed by atoms with Crippen LogP contribution in [0.5, 0.6) is 0 Å². The number of rotatable bonds is 4. The van der Waals surface area contributed by atoms with Gasteiger partial charge in [0, 0.05) is 16.8 Å². The van der Waals surface area contributed by atoms with E-state index in [1.54, 1.807) is 6.07 Å². The lowest BCUT2D eigenvalue weighted by Gasteiger charge is -2.07. The van der Waals surface area contributed by atoms with Crippen LogP contribution in [0.4, 0.5) is 0 Å². The lowest BCUT2D eigenvalue weighted by molar-refractivity contribution is -0.130. The van der Waals surface area contributed by atoms with Gasteiger partial charge in [0.25, 0.3) is 0 Å². The number of carboxylic acids is 1. The van der Waals surface area contributed by atoms with Crippen molar-refractivity contribution in [1.82, 2.24) is 0 Å². The molecular formula is C16H12Cl2O4S. The van der Waals surface area contributed by atoms with Crippen molar-refractivity contribution in [3.05, 3.63) is 63.6 Å². The van der Waals surface area contributed by atoms with Gasteiger partial charge in [0.2, 0.25) is 0 Å². The van der Waals surface area contributed by atoms with Gasteiger partial charge in [-0.15, -0.1) is 0 Å². The van der Waals surface area contributed by atoms with Gasteiger partial charge in [-0.2, -0.15) is 0 Å². The molecule has 2 rings (SSSR count). The number of carboxylic acid groups (broad SMARTS) is 1. The van der Waals surface area contributed by atoms with Crippen LogP contribution in [0.1, 0.15) is 11.1 Å². The number of sulfone groups is 1. The van der Waals surface area contributed by atoms with E-state index in [1.165, 1.54) is 42.5 Å². The van der Waals surface area contributed by atoms with E-state index in [4.69, 9.17) is 23.2 Å². The van der Waals surface area contributed by atoms with Crippen LogP contribution in [0, 0.1) is 0 Å². The number of hydrogen-bond acceptors (Lipinski definition) is 3. The lowest BCUT2D eigenvalue weighted by Crippen LogP contribution is -2.01. The number of hydrogen-bond donors (Lipinski definition) is 1. The Bertz CT molecular complexity index is 885. The first-order valence-corrected chi connectivity index (χ1v) is 9.04. The minimum absolute atomic E-state index is 0.0150. The van der Waals surface area contributed by atoms with Gasteiger partial charge in [-0.1, -0.05) is 41.4 Å². The Morgan fingerprint density at radius 3 is 2.17 bits per heavy atom. The highest BCUT2D eigenvalue weighted by Crippen LogP contribution is 2.29. The summed E-state index contributed by atoms with van der Waals surface area (Å²) in [5, 5.41) is 10.0. The van der Waals surface area contributed by atoms with E-state index in [-0.39, 0.29) is 15.5 Å². The van der Waals surface area contributed by atoms with Crippen molar-refractivity contribution in [2.24, 2.45) is 0 Å². The molecule has 4 nitrogen and oxygen atoms in total. The summed E-state index contributed by atoms with van der Waals surface area (Å²) in [6.07, 6.45) is 2.53. The fourth-order valence-corrected chi connectivity index (χ4v) is 3.08. The Morgan fingerprint density at radius 2 is 1.70 bits per heavy atom. The summed E-state index contributed by atoms with van der Waals surface area (Å²) in [5.41, 5.74) is 0.857. The average molecular weight is 371 g/mol. The summed E-state index contributed by atoms with van der Waals surface area (Å²) in [5.74, 6) is -1.15. The zero-order chi connectivity index (χ0) is 17.2. The maximum Gasteiger partial charge on any atom is 0.336 e. The molecule has 0 saturated carbocycles. The predicted octanol–water partition coefficient (Wildman–Crippen LogP) is 4.02. The molecule has 0 atom stereocenters. The van der Waals surface area contributed by atoms with Gasteiger partial charge < -0.3 is 5.11 Å². The molecule has 2 aromatic rings. The van der Waals surface area contributed by atoms with Gasteiger partial charge in [0.1, 0.15) is 0 Å². The molecule has 0 aliphatic rings. The fraction of sp³-hybridized carbons (Fsp3) is 0.0625. The average Bonchev–Trinajstić information content (AvgIpc) is 2.45. The summed E-state index contributed by atoms with van der Waals surface area (Å²) < 4.78 is 22.9. The highest BCUT2D eigenvalue weighted by Gasteiger charge is 2.14. The Kier molecular flexibility index (Phi) is 5.14. The van der Waals surface area contributed by atoms with Crippen LogP contribution >= 0.6 is 23.2 Å². The molecule has 0 aliphatic heterocycles. The third-order valence-electron chi connectivity index (χ3n) is 3.07. The topological polar surface area (TPSA) is 71.4 Å². The molecule has 7 heteroatoms. The van der Waals surface area contributed by atoms with Gasteiger partial charge in [-0.05, 0) is 35.9 Å². The Hall–Kier alpha value is -1.82. The van der Waals surface area contributed by atoms with Crippen molar-refractivity contribution in [3.63, 3.8) is 0 Å². The molecule has 0 bridgehead atoms. The third kappa shape index (κ3) is 4.34. The molecule has 0 aliphatic carbocycles. The van der Waals surface area contributed by atoms with Crippen molar-refractivity contribution in [3.8, 4) is 0 Å². The maximum absolute atomic E-state index is 11.5. The summed E-state index contributed by atoms with van der Waals surface area (Å²) >= 11 is 11.9. The maximum atomic E-state index is 11.5. The molecule has 2 aromatic carbocycles. The quantitative estimate of drug-likeness (QED) is 0.651. The van der Waals surface area contributed by atoms with Gasteiger partial charge in [0.15, 0.2) is 9.84 Å². The first kappa shape index (κ1) is 17.5. The second kappa shape index (κ2) is 6.74. The molecular weight excluding hydrogens is 359 g/mol. The highest BCUT2D eigenvalue weighted by molar-refractivity contribution is 7.90. The van der Waals surface area contributed by atoms with Crippen LogP contribution in [0.25, 0.3) is 11.6 Å². The SMILES string of the molecule is CS(=O)(=O)c1ccc(/C=C(/C(=O)O)c2ccc(Cl)cc2Cl)cc1. The number of aliphatic carboxylic acids is 1. The molecule has 0 unspecified atom stereocenters. The van der Waals surface area contributed by atoms with Crippen molar-refractivity contribution in [2.45, 2.75) is 4.90 Å². The Morgan fingerprint density at radius 1 is 1.09 bits per heavy atom. The molecule has 23 heavy (non-hydrogen) atoms. The smallest absolute Gasteiger partial charge is 0.336 e. The molecule has 0 fully saturated rings. The second-order valence-corrected chi connectivity index (χ2v) is 7.69. The zero-order valence-electron chi connectivity index (χ0n) is 12.0. The van der Waals surface area contributed by atoms with E-state index >= 15 is 0 Å². The van der Waals surface area contributed by atoms with Crippen molar-refractivity contribution in [2.75, 3.05) is 6.26 Å². The Labute approximate surface area is 143 Å². The summed E-state index contributed by atoms with van der Waals surface area (Å²) in [6.45, 7) is 0. The summed E-state index contributed by atoms with van der Waals surface area (Å²) in [6, 6.07) is 10.4. The van der Waals surface area contributed by atoms with E-state index in [9.17, 15) is 18.3 Å². The molecule has 120 valence electrons. The first-order chi connectivity index (χ1) is 10.7. The molecule has 0 saturated heterocycles. The van der Waals surface area contributed by atoms with Gasteiger partial charge in [0.05, 0.1) is 15.5 Å². The van der Waals surface area contributed by atoms with E-state index in [0.29, 0.717) is 16.1 Å². The first-order valence-electron chi connectivity index (χ1n) is 6.39. The van der Waals surface area contributed by atoms with Gasteiger partial charge >= 0.3 is 5.97 Å². The molecule has 0 heterocycles. The van der Waals surface area contributed by atoms with Gasteiger partial charge in [-0.3, -0.25) is 0 Å². The van der Waals surface area contributed by atoms with Crippen LogP contribution in [-0.2, 0) is 14.6 Å². The minimum atomic E-state index is -3.30. The largest absolute Gasteiger partial charge is 0.478 e. The predicted molar refractivity (Wildman–Crippen MR) is 91.5 cm³/mol. The number of halogens is 2. The van der Waals surface area contributed by atoms with E-state index < -0.39 is 15.8 Å². The summed E-state index contributed by atoms with van der Waals surface area (Å²) in [4.78, 5) is 11.7. The van der Waals surface area contributed by atoms with Gasteiger partial charge in [-0.25, -0.2) is 13.2 Å². The third-order valence-corrected chi connectivity index (χ3v) is 4.75. The van der Waals surface area contributed by atoms with Crippen LogP contribution in [0.2, 0.25) is 10.0 Å². The van der Waals surface area contributed by atoms with Crippen LogP contribution in [-0.4, -0.2) is 25.7 Å². The minimum Gasteiger partial charge on any atom is -0.478 e. The molecule has 1 N–H and O–H groups in total. The molecule has 0 amide bonds. The highest BCUT2D eigenvalue weighted by atomic mass is 35.5. The van der Waals surface area contributed by atoms with Crippen molar-refractivity contribution in [1.29, 1.82) is 0 Å². The zero-order valence-corrected chi connectivity index (χ0v) is 14.3. The fourth-order valence-electron chi connectivity index (χ4n) is 1.94. The van der Waals surface area contributed by atoms with E-state index in [0.717, 1.165) is 6.26 Å². The summed E-state index contributed by atoms with van der Waals surface area (Å²) in [7, 11) is -3.30. The molecule has 0 radical (unpaired) electrons. The number of benzene rings is 2.